The second-order valence-corrected chi connectivity index (χ2v) is 16.1. The number of esters is 1. The van der Waals surface area contributed by atoms with Gasteiger partial charge in [-0.25, -0.2) is 16.8 Å². The lowest BCUT2D eigenvalue weighted by atomic mass is 9.82. The summed E-state index contributed by atoms with van der Waals surface area (Å²) in [5.41, 5.74) is 0.915. The Morgan fingerprint density at radius 1 is 0.900 bits per heavy atom. The lowest BCUT2D eigenvalue weighted by Gasteiger charge is -2.49. The normalized spacial score (nSPS) is 22.7. The molecule has 10 heteroatoms. The summed E-state index contributed by atoms with van der Waals surface area (Å²) < 4.78 is 63.7. The Balaban J connectivity index is 2.29. The number of piperidine rings is 1. The van der Waals surface area contributed by atoms with Crippen molar-refractivity contribution in [3.8, 4) is 0 Å². The van der Waals surface area contributed by atoms with Gasteiger partial charge >= 0.3 is 5.97 Å². The van der Waals surface area contributed by atoms with E-state index in [2.05, 4.69) is 0 Å². The zero-order valence-corrected chi connectivity index (χ0v) is 26.2. The van der Waals surface area contributed by atoms with Crippen LogP contribution in [0.3, 0.4) is 0 Å². The third kappa shape index (κ3) is 6.66. The number of aryl methyl sites for hydroxylation is 2. The van der Waals surface area contributed by atoms with Gasteiger partial charge in [0.05, 0.1) is 15.8 Å². The fourth-order valence-electron chi connectivity index (χ4n) is 5.12. The van der Waals surface area contributed by atoms with Crippen LogP contribution in [0.1, 0.15) is 65.5 Å². The summed E-state index contributed by atoms with van der Waals surface area (Å²) in [5.74, 6) is -1.32. The first-order valence-corrected chi connectivity index (χ1v) is 16.5. The molecule has 40 heavy (non-hydrogen) atoms. The van der Waals surface area contributed by atoms with E-state index in [4.69, 9.17) is 4.74 Å². The smallest absolute Gasteiger partial charge is 0.303 e. The standard InChI is InChI=1S/C30H41NO7S2/c1-19(2)25-17-27(39(34,35)23-13-9-20(3)10-14-23)29(38-22(5)32)26(18-28(33)30(6,7)8)31(25)40(36,37)24-15-11-21(4)12-16-24/h9-16,19,25-27,29H,17-18H2,1-8H3/t25-,26+,27+,29+/m1/s1. The van der Waals surface area contributed by atoms with E-state index in [0.29, 0.717) is 0 Å². The Kier molecular flexibility index (Phi) is 9.38. The van der Waals surface area contributed by atoms with E-state index < -0.39 is 54.7 Å². The predicted molar refractivity (Wildman–Crippen MR) is 154 cm³/mol. The molecule has 3 rings (SSSR count). The summed E-state index contributed by atoms with van der Waals surface area (Å²) in [6.07, 6.45) is -1.81. The number of nitrogens with zero attached hydrogens (tertiary/aromatic N) is 1. The van der Waals surface area contributed by atoms with Gasteiger partial charge in [-0.1, -0.05) is 70.0 Å². The summed E-state index contributed by atoms with van der Waals surface area (Å²) in [4.78, 5) is 25.9. The topological polar surface area (TPSA) is 115 Å². The molecule has 4 atom stereocenters. The van der Waals surface area contributed by atoms with Crippen LogP contribution < -0.4 is 0 Å². The molecule has 1 fully saturated rings. The molecule has 2 aromatic rings. The van der Waals surface area contributed by atoms with E-state index in [1.165, 1.54) is 28.6 Å². The van der Waals surface area contributed by atoms with Crippen LogP contribution in [0.25, 0.3) is 0 Å². The van der Waals surface area contributed by atoms with Gasteiger partial charge in [0, 0.05) is 24.8 Å². The minimum absolute atomic E-state index is 0.0263. The lowest BCUT2D eigenvalue weighted by molar-refractivity contribution is -0.153. The SMILES string of the molecule is CC(=O)O[C@H]1[C@H](CC(=O)C(C)(C)C)N(S(=O)(=O)c2ccc(C)cc2)[C@@H](C(C)C)C[C@@H]1S(=O)(=O)c1ccc(C)cc1. The van der Waals surface area contributed by atoms with Crippen molar-refractivity contribution in [3.63, 3.8) is 0 Å². The molecule has 1 heterocycles. The largest absolute Gasteiger partial charge is 0.459 e. The van der Waals surface area contributed by atoms with E-state index in [-0.39, 0.29) is 34.3 Å². The Bertz CT molecular complexity index is 1440. The number of ketones is 1. The first-order valence-electron chi connectivity index (χ1n) is 13.5. The fraction of sp³-hybridized carbons (Fsp3) is 0.533. The highest BCUT2D eigenvalue weighted by atomic mass is 32.2. The first kappa shape index (κ1) is 32.0. The molecule has 0 bridgehead atoms. The fourth-order valence-corrected chi connectivity index (χ4v) is 8.99. The molecule has 0 aromatic heterocycles. The lowest BCUT2D eigenvalue weighted by Crippen LogP contribution is -2.65. The van der Waals surface area contributed by atoms with Crippen LogP contribution >= 0.6 is 0 Å². The maximum Gasteiger partial charge on any atom is 0.303 e. The van der Waals surface area contributed by atoms with Crippen LogP contribution in [0.15, 0.2) is 58.3 Å². The van der Waals surface area contributed by atoms with Crippen molar-refractivity contribution < 1.29 is 31.2 Å². The quantitative estimate of drug-likeness (QED) is 0.402. The highest BCUT2D eigenvalue weighted by molar-refractivity contribution is 7.92. The summed E-state index contributed by atoms with van der Waals surface area (Å²) in [6.45, 7) is 13.7. The molecule has 1 aliphatic heterocycles. The number of sulfonamides is 1. The van der Waals surface area contributed by atoms with Gasteiger partial charge in [-0.3, -0.25) is 9.59 Å². The van der Waals surface area contributed by atoms with E-state index in [0.717, 1.165) is 18.1 Å². The van der Waals surface area contributed by atoms with Crippen LogP contribution in [0, 0.1) is 25.2 Å². The number of Topliss-reactive ketones (excluding diaryl/α,β-unsaturated/α-hetero) is 1. The summed E-state index contributed by atoms with van der Waals surface area (Å²) in [6, 6.07) is 10.7. The maximum atomic E-state index is 14.3. The zero-order valence-electron chi connectivity index (χ0n) is 24.5. The molecule has 8 nitrogen and oxygen atoms in total. The van der Waals surface area contributed by atoms with E-state index >= 15 is 0 Å². The van der Waals surface area contributed by atoms with Gasteiger partial charge < -0.3 is 4.74 Å². The monoisotopic (exact) mass is 591 g/mol. The van der Waals surface area contributed by atoms with Crippen molar-refractivity contribution in [2.75, 3.05) is 0 Å². The number of benzene rings is 2. The molecule has 0 N–H and O–H groups in total. The van der Waals surface area contributed by atoms with Crippen LogP contribution in [0.5, 0.6) is 0 Å². The number of hydrogen-bond acceptors (Lipinski definition) is 7. The molecule has 0 unspecified atom stereocenters. The van der Waals surface area contributed by atoms with Crippen LogP contribution in [-0.2, 0) is 34.2 Å². The average Bonchev–Trinajstić information content (AvgIpc) is 2.83. The Morgan fingerprint density at radius 2 is 1.38 bits per heavy atom. The Labute approximate surface area is 239 Å². The average molecular weight is 592 g/mol. The zero-order chi connectivity index (χ0) is 30.2. The number of carbonyl (C=O) groups excluding carboxylic acids is 2. The molecule has 1 saturated heterocycles. The molecule has 0 saturated carbocycles. The van der Waals surface area contributed by atoms with Crippen LogP contribution in [0.4, 0.5) is 0 Å². The molecular formula is C30H41NO7S2. The van der Waals surface area contributed by atoms with E-state index in [9.17, 15) is 26.4 Å². The predicted octanol–water partition coefficient (Wildman–Crippen LogP) is 4.87. The molecule has 220 valence electrons. The van der Waals surface area contributed by atoms with Gasteiger partial charge in [0.25, 0.3) is 0 Å². The number of rotatable bonds is 8. The van der Waals surface area contributed by atoms with Crippen molar-refractivity contribution in [1.29, 1.82) is 0 Å². The third-order valence-electron chi connectivity index (χ3n) is 7.52. The van der Waals surface area contributed by atoms with Gasteiger partial charge in [-0.15, -0.1) is 0 Å². The second-order valence-electron chi connectivity index (χ2n) is 12.1. The van der Waals surface area contributed by atoms with Crippen LogP contribution in [-0.4, -0.2) is 56.3 Å². The number of ether oxygens (including phenoxy) is 1. The second kappa shape index (κ2) is 11.7. The van der Waals surface area contributed by atoms with Gasteiger partial charge in [0.15, 0.2) is 9.84 Å². The highest BCUT2D eigenvalue weighted by Crippen LogP contribution is 2.41. The molecule has 0 amide bonds. The first-order chi connectivity index (χ1) is 18.4. The molecule has 0 aliphatic carbocycles. The van der Waals surface area contributed by atoms with Crippen molar-refractivity contribution in [1.82, 2.24) is 4.31 Å². The Morgan fingerprint density at radius 3 is 1.80 bits per heavy atom. The maximum absolute atomic E-state index is 14.3. The summed E-state index contributed by atoms with van der Waals surface area (Å²) in [5, 5.41) is -1.26. The van der Waals surface area contributed by atoms with Crippen molar-refractivity contribution in [3.05, 3.63) is 59.7 Å². The van der Waals surface area contributed by atoms with Crippen molar-refractivity contribution >= 4 is 31.6 Å². The highest BCUT2D eigenvalue weighted by Gasteiger charge is 2.55. The minimum Gasteiger partial charge on any atom is -0.459 e. The Hall–Kier alpha value is -2.56. The minimum atomic E-state index is -4.23. The molecule has 0 spiro atoms. The van der Waals surface area contributed by atoms with E-state index in [1.54, 1.807) is 45.0 Å². The molecule has 2 aromatic carbocycles. The third-order valence-corrected chi connectivity index (χ3v) is 11.7. The molecule has 1 aliphatic rings. The van der Waals surface area contributed by atoms with Gasteiger partial charge in [-0.05, 0) is 50.5 Å². The van der Waals surface area contributed by atoms with E-state index in [1.807, 2.05) is 27.7 Å². The van der Waals surface area contributed by atoms with Crippen LogP contribution in [0.2, 0.25) is 0 Å². The summed E-state index contributed by atoms with van der Waals surface area (Å²) >= 11 is 0. The van der Waals surface area contributed by atoms with Gasteiger partial charge in [0.2, 0.25) is 10.0 Å². The van der Waals surface area contributed by atoms with Crippen molar-refractivity contribution in [2.45, 2.75) is 101 Å². The number of hydrogen-bond donors (Lipinski definition) is 0. The number of sulfone groups is 1. The number of carbonyl (C=O) groups is 2. The molecule has 0 radical (unpaired) electrons. The van der Waals surface area contributed by atoms with Gasteiger partial charge in [0.1, 0.15) is 17.1 Å². The molecular weight excluding hydrogens is 550 g/mol. The van der Waals surface area contributed by atoms with Crippen molar-refractivity contribution in [2.24, 2.45) is 11.3 Å². The van der Waals surface area contributed by atoms with Gasteiger partial charge in [-0.2, -0.15) is 4.31 Å². The summed E-state index contributed by atoms with van der Waals surface area (Å²) in [7, 11) is -8.32.